The summed E-state index contributed by atoms with van der Waals surface area (Å²) in [5, 5.41) is 0. The molecular formula is C16H18N4. The predicted molar refractivity (Wildman–Crippen MR) is 82.5 cm³/mol. The van der Waals surface area contributed by atoms with Crippen molar-refractivity contribution in [2.75, 3.05) is 11.9 Å². The lowest BCUT2D eigenvalue weighted by atomic mass is 10.1. The van der Waals surface area contributed by atoms with Crippen molar-refractivity contribution in [2.45, 2.75) is 13.8 Å². The monoisotopic (exact) mass is 266 g/mol. The van der Waals surface area contributed by atoms with Crippen molar-refractivity contribution in [1.82, 2.24) is 14.5 Å². The van der Waals surface area contributed by atoms with E-state index in [1.165, 1.54) is 16.8 Å². The van der Waals surface area contributed by atoms with Crippen molar-refractivity contribution in [2.24, 2.45) is 7.05 Å². The summed E-state index contributed by atoms with van der Waals surface area (Å²) in [5.74, 6) is 0.924. The summed E-state index contributed by atoms with van der Waals surface area (Å²) in [6.07, 6.45) is 3.64. The minimum Gasteiger partial charge on any atom is -0.334 e. The summed E-state index contributed by atoms with van der Waals surface area (Å²) >= 11 is 0. The van der Waals surface area contributed by atoms with E-state index in [0.717, 1.165) is 16.9 Å². The molecule has 2 aromatic heterocycles. The fourth-order valence-corrected chi connectivity index (χ4v) is 2.51. The number of benzene rings is 1. The van der Waals surface area contributed by atoms with Crippen molar-refractivity contribution in [3.63, 3.8) is 0 Å². The maximum atomic E-state index is 4.51. The van der Waals surface area contributed by atoms with Gasteiger partial charge < -0.3 is 9.47 Å². The zero-order valence-corrected chi connectivity index (χ0v) is 12.3. The number of aromatic nitrogens is 3. The molecule has 102 valence electrons. The van der Waals surface area contributed by atoms with Crippen LogP contribution in [0.15, 0.2) is 36.8 Å². The Morgan fingerprint density at radius 3 is 2.65 bits per heavy atom. The van der Waals surface area contributed by atoms with Crippen molar-refractivity contribution in [1.29, 1.82) is 0 Å². The summed E-state index contributed by atoms with van der Waals surface area (Å²) < 4.78 is 2.01. The van der Waals surface area contributed by atoms with E-state index in [1.54, 1.807) is 0 Å². The molecule has 0 saturated carbocycles. The summed E-state index contributed by atoms with van der Waals surface area (Å²) in [4.78, 5) is 10.9. The second-order valence-electron chi connectivity index (χ2n) is 5.24. The smallest absolute Gasteiger partial charge is 0.134 e. The fourth-order valence-electron chi connectivity index (χ4n) is 2.51. The summed E-state index contributed by atoms with van der Waals surface area (Å²) in [7, 11) is 4.04. The first-order valence-corrected chi connectivity index (χ1v) is 6.64. The predicted octanol–water partition coefficient (Wildman–Crippen LogP) is 3.35. The Morgan fingerprint density at radius 2 is 1.90 bits per heavy atom. The second kappa shape index (κ2) is 4.63. The third kappa shape index (κ3) is 2.03. The number of rotatable bonds is 2. The van der Waals surface area contributed by atoms with Gasteiger partial charge in [0.25, 0.3) is 0 Å². The zero-order valence-electron chi connectivity index (χ0n) is 12.3. The highest BCUT2D eigenvalue weighted by Gasteiger charge is 2.10. The summed E-state index contributed by atoms with van der Waals surface area (Å²) in [5.41, 5.74) is 5.70. The van der Waals surface area contributed by atoms with Crippen LogP contribution in [-0.4, -0.2) is 21.6 Å². The van der Waals surface area contributed by atoms with Crippen molar-refractivity contribution in [3.05, 3.63) is 47.9 Å². The van der Waals surface area contributed by atoms with Gasteiger partial charge in [0.2, 0.25) is 0 Å². The Hall–Kier alpha value is -2.36. The lowest BCUT2D eigenvalue weighted by molar-refractivity contribution is 0.946. The number of pyridine rings is 1. The molecule has 0 aliphatic heterocycles. The van der Waals surface area contributed by atoms with Gasteiger partial charge in [-0.3, -0.25) is 0 Å². The number of aryl methyl sites for hydroxylation is 3. The molecule has 0 N–H and O–H groups in total. The Bertz CT molecular complexity index is 773. The number of fused-ring (bicyclic) bond motifs is 1. The van der Waals surface area contributed by atoms with Gasteiger partial charge in [0.05, 0.1) is 18.0 Å². The molecule has 1 aromatic carbocycles. The number of anilines is 2. The largest absolute Gasteiger partial charge is 0.334 e. The molecule has 0 unspecified atom stereocenters. The van der Waals surface area contributed by atoms with E-state index >= 15 is 0 Å². The van der Waals surface area contributed by atoms with E-state index in [2.05, 4.69) is 53.0 Å². The first-order valence-electron chi connectivity index (χ1n) is 6.64. The molecule has 0 fully saturated rings. The third-order valence-corrected chi connectivity index (χ3v) is 3.65. The van der Waals surface area contributed by atoms with Gasteiger partial charge in [-0.25, -0.2) is 9.97 Å². The summed E-state index contributed by atoms with van der Waals surface area (Å²) in [6, 6.07) is 8.53. The van der Waals surface area contributed by atoms with E-state index in [-0.39, 0.29) is 0 Å². The van der Waals surface area contributed by atoms with Crippen LogP contribution in [-0.2, 0) is 7.05 Å². The maximum absolute atomic E-state index is 4.51. The SMILES string of the molecule is Cc1ccc(N(C)c2cc3c(cn2)ncn3C)c(C)c1. The minimum atomic E-state index is 0.922. The molecule has 0 atom stereocenters. The van der Waals surface area contributed by atoms with Crippen LogP contribution in [0, 0.1) is 13.8 Å². The normalized spacial score (nSPS) is 11.0. The number of nitrogens with zero attached hydrogens (tertiary/aromatic N) is 4. The molecule has 0 amide bonds. The maximum Gasteiger partial charge on any atom is 0.134 e. The van der Waals surface area contributed by atoms with E-state index in [1.807, 2.05) is 31.2 Å². The molecule has 0 spiro atoms. The number of hydrogen-bond donors (Lipinski definition) is 0. The van der Waals surface area contributed by atoms with Gasteiger partial charge >= 0.3 is 0 Å². The van der Waals surface area contributed by atoms with Gasteiger partial charge in [0.15, 0.2) is 0 Å². The molecule has 0 aliphatic rings. The second-order valence-corrected chi connectivity index (χ2v) is 5.24. The molecular weight excluding hydrogens is 248 g/mol. The highest BCUT2D eigenvalue weighted by atomic mass is 15.2. The van der Waals surface area contributed by atoms with E-state index in [9.17, 15) is 0 Å². The lowest BCUT2D eigenvalue weighted by Gasteiger charge is -2.21. The Labute approximate surface area is 118 Å². The molecule has 0 saturated heterocycles. The Kier molecular flexibility index (Phi) is 2.93. The highest BCUT2D eigenvalue weighted by molar-refractivity contribution is 5.79. The summed E-state index contributed by atoms with van der Waals surface area (Å²) in [6.45, 7) is 4.23. The van der Waals surface area contributed by atoms with Gasteiger partial charge in [-0.15, -0.1) is 0 Å². The van der Waals surface area contributed by atoms with Crippen molar-refractivity contribution < 1.29 is 0 Å². The zero-order chi connectivity index (χ0) is 14.3. The number of imidazole rings is 1. The molecule has 0 radical (unpaired) electrons. The van der Waals surface area contributed by atoms with Crippen LogP contribution in [0.1, 0.15) is 11.1 Å². The molecule has 3 rings (SSSR count). The first-order chi connectivity index (χ1) is 9.56. The standard InChI is InChI=1S/C16H18N4/c1-11-5-6-14(12(2)7-11)20(4)16-8-15-13(9-17-16)18-10-19(15)3/h5-10H,1-4H3. The number of hydrogen-bond acceptors (Lipinski definition) is 3. The first kappa shape index (κ1) is 12.7. The van der Waals surface area contributed by atoms with Gasteiger partial charge in [0.1, 0.15) is 11.3 Å². The van der Waals surface area contributed by atoms with Crippen molar-refractivity contribution in [3.8, 4) is 0 Å². The van der Waals surface area contributed by atoms with Gasteiger partial charge in [-0.05, 0) is 25.5 Å². The van der Waals surface area contributed by atoms with Crippen molar-refractivity contribution >= 4 is 22.5 Å². The van der Waals surface area contributed by atoms with Gasteiger partial charge in [0, 0.05) is 25.8 Å². The van der Waals surface area contributed by atoms with Crippen LogP contribution < -0.4 is 4.90 Å². The van der Waals surface area contributed by atoms with E-state index in [0.29, 0.717) is 0 Å². The average Bonchev–Trinajstić information content (AvgIpc) is 2.79. The highest BCUT2D eigenvalue weighted by Crippen LogP contribution is 2.27. The molecule has 2 heterocycles. The van der Waals surface area contributed by atoms with Crippen LogP contribution in [0.25, 0.3) is 11.0 Å². The topological polar surface area (TPSA) is 34.0 Å². The lowest BCUT2D eigenvalue weighted by Crippen LogP contribution is -2.12. The molecule has 20 heavy (non-hydrogen) atoms. The Balaban J connectivity index is 2.07. The average molecular weight is 266 g/mol. The van der Waals surface area contributed by atoms with Crippen LogP contribution >= 0.6 is 0 Å². The van der Waals surface area contributed by atoms with Crippen LogP contribution in [0.3, 0.4) is 0 Å². The quantitative estimate of drug-likeness (QED) is 0.713. The minimum absolute atomic E-state index is 0.922. The molecule has 4 nitrogen and oxygen atoms in total. The van der Waals surface area contributed by atoms with E-state index in [4.69, 9.17) is 0 Å². The van der Waals surface area contributed by atoms with Crippen LogP contribution in [0.2, 0.25) is 0 Å². The molecule has 4 heteroatoms. The molecule has 0 aliphatic carbocycles. The molecule has 3 aromatic rings. The van der Waals surface area contributed by atoms with Gasteiger partial charge in [-0.2, -0.15) is 0 Å². The molecule has 0 bridgehead atoms. The van der Waals surface area contributed by atoms with Gasteiger partial charge in [-0.1, -0.05) is 17.7 Å². The fraction of sp³-hybridized carbons (Fsp3) is 0.250. The van der Waals surface area contributed by atoms with Crippen LogP contribution in [0.5, 0.6) is 0 Å². The van der Waals surface area contributed by atoms with Crippen LogP contribution in [0.4, 0.5) is 11.5 Å². The third-order valence-electron chi connectivity index (χ3n) is 3.65. The Morgan fingerprint density at radius 1 is 1.10 bits per heavy atom. The van der Waals surface area contributed by atoms with E-state index < -0.39 is 0 Å².